The molecule has 0 bridgehead atoms. The highest BCUT2D eigenvalue weighted by Gasteiger charge is 2.21. The van der Waals surface area contributed by atoms with Crippen LogP contribution in [0.15, 0.2) is 23.2 Å². The van der Waals surface area contributed by atoms with E-state index in [1.165, 1.54) is 19.2 Å². The SMILES string of the molecule is CCCN(C)S(=O)(=O)c1cccc(F)n1. The third-order valence-corrected chi connectivity index (χ3v) is 3.66. The first kappa shape index (κ1) is 12.1. The van der Waals surface area contributed by atoms with Crippen molar-refractivity contribution in [3.63, 3.8) is 0 Å². The highest BCUT2D eigenvalue weighted by Crippen LogP contribution is 2.11. The van der Waals surface area contributed by atoms with Crippen LogP contribution in [-0.2, 0) is 10.0 Å². The van der Waals surface area contributed by atoms with Gasteiger partial charge in [0.15, 0.2) is 5.03 Å². The van der Waals surface area contributed by atoms with E-state index in [1.807, 2.05) is 6.92 Å². The number of sulfonamides is 1. The minimum atomic E-state index is -3.64. The average Bonchev–Trinajstić information content (AvgIpc) is 2.18. The van der Waals surface area contributed by atoms with Crippen molar-refractivity contribution in [1.29, 1.82) is 0 Å². The lowest BCUT2D eigenvalue weighted by molar-refractivity contribution is 0.462. The van der Waals surface area contributed by atoms with Gasteiger partial charge >= 0.3 is 0 Å². The molecule has 0 atom stereocenters. The highest BCUT2D eigenvalue weighted by atomic mass is 32.2. The van der Waals surface area contributed by atoms with E-state index in [-0.39, 0.29) is 5.03 Å². The number of aromatic nitrogens is 1. The van der Waals surface area contributed by atoms with Crippen LogP contribution in [0.3, 0.4) is 0 Å². The van der Waals surface area contributed by atoms with Gasteiger partial charge in [0.25, 0.3) is 10.0 Å². The lowest BCUT2D eigenvalue weighted by Gasteiger charge is -2.15. The van der Waals surface area contributed by atoms with Crippen molar-refractivity contribution in [2.45, 2.75) is 18.4 Å². The molecule has 0 radical (unpaired) electrons. The summed E-state index contributed by atoms with van der Waals surface area (Å²) < 4.78 is 37.5. The van der Waals surface area contributed by atoms with Gasteiger partial charge in [0.1, 0.15) is 0 Å². The Kier molecular flexibility index (Phi) is 3.76. The van der Waals surface area contributed by atoms with E-state index in [2.05, 4.69) is 4.98 Å². The van der Waals surface area contributed by atoms with Crippen LogP contribution in [0.1, 0.15) is 13.3 Å². The molecule has 0 fully saturated rings. The van der Waals surface area contributed by atoms with Crippen LogP contribution >= 0.6 is 0 Å². The lowest BCUT2D eigenvalue weighted by atomic mass is 10.5. The molecule has 1 rings (SSSR count). The van der Waals surface area contributed by atoms with E-state index in [0.29, 0.717) is 13.0 Å². The van der Waals surface area contributed by atoms with Gasteiger partial charge in [-0.05, 0) is 18.6 Å². The summed E-state index contributed by atoms with van der Waals surface area (Å²) in [5.74, 6) is -0.791. The average molecular weight is 232 g/mol. The summed E-state index contributed by atoms with van der Waals surface area (Å²) >= 11 is 0. The molecule has 0 aromatic carbocycles. The maximum atomic E-state index is 12.8. The van der Waals surface area contributed by atoms with Crippen molar-refractivity contribution in [3.05, 3.63) is 24.1 Å². The minimum absolute atomic E-state index is 0.251. The number of hydrogen-bond acceptors (Lipinski definition) is 3. The minimum Gasteiger partial charge on any atom is -0.206 e. The largest absolute Gasteiger partial charge is 0.260 e. The topological polar surface area (TPSA) is 50.3 Å². The Labute approximate surface area is 88.8 Å². The monoisotopic (exact) mass is 232 g/mol. The summed E-state index contributed by atoms with van der Waals surface area (Å²) in [4.78, 5) is 3.35. The second kappa shape index (κ2) is 4.67. The predicted molar refractivity (Wildman–Crippen MR) is 54.3 cm³/mol. The molecule has 1 heterocycles. The molecule has 0 spiro atoms. The summed E-state index contributed by atoms with van der Waals surface area (Å²) in [6.07, 6.45) is 0.699. The summed E-state index contributed by atoms with van der Waals surface area (Å²) in [6.45, 7) is 2.26. The number of pyridine rings is 1. The van der Waals surface area contributed by atoms with Crippen LogP contribution in [0.5, 0.6) is 0 Å². The maximum Gasteiger partial charge on any atom is 0.260 e. The van der Waals surface area contributed by atoms with Crippen molar-refractivity contribution in [2.75, 3.05) is 13.6 Å². The standard InChI is InChI=1S/C9H13FN2O2S/c1-3-7-12(2)15(13,14)9-6-4-5-8(10)11-9/h4-6H,3,7H2,1-2H3. The summed E-state index contributed by atoms with van der Waals surface area (Å²) in [6, 6.07) is 3.72. The van der Waals surface area contributed by atoms with Gasteiger partial charge in [-0.2, -0.15) is 8.70 Å². The van der Waals surface area contributed by atoms with Gasteiger partial charge in [-0.25, -0.2) is 13.4 Å². The van der Waals surface area contributed by atoms with Crippen LogP contribution < -0.4 is 0 Å². The Morgan fingerprint density at radius 3 is 2.67 bits per heavy atom. The predicted octanol–water partition coefficient (Wildman–Crippen LogP) is 1.25. The number of nitrogens with zero attached hydrogens (tertiary/aromatic N) is 2. The first-order valence-electron chi connectivity index (χ1n) is 4.57. The first-order valence-corrected chi connectivity index (χ1v) is 6.01. The molecule has 0 saturated heterocycles. The molecule has 15 heavy (non-hydrogen) atoms. The van der Waals surface area contributed by atoms with Crippen LogP contribution in [0.2, 0.25) is 0 Å². The zero-order valence-electron chi connectivity index (χ0n) is 8.64. The zero-order valence-corrected chi connectivity index (χ0v) is 9.46. The van der Waals surface area contributed by atoms with Crippen molar-refractivity contribution in [1.82, 2.24) is 9.29 Å². The molecular weight excluding hydrogens is 219 g/mol. The van der Waals surface area contributed by atoms with Gasteiger partial charge in [0.2, 0.25) is 5.95 Å². The van der Waals surface area contributed by atoms with Crippen LogP contribution in [-0.4, -0.2) is 31.3 Å². The third kappa shape index (κ3) is 2.73. The molecule has 6 heteroatoms. The molecule has 0 N–H and O–H groups in total. The molecule has 0 saturated carbocycles. The molecule has 84 valence electrons. The molecule has 0 aliphatic rings. The normalized spacial score (nSPS) is 12.0. The van der Waals surface area contributed by atoms with Crippen LogP contribution in [0.25, 0.3) is 0 Å². The second-order valence-electron chi connectivity index (χ2n) is 3.13. The number of hydrogen-bond donors (Lipinski definition) is 0. The summed E-state index contributed by atoms with van der Waals surface area (Å²) in [5.41, 5.74) is 0. The maximum absolute atomic E-state index is 12.8. The fraction of sp³-hybridized carbons (Fsp3) is 0.444. The van der Waals surface area contributed by atoms with E-state index in [9.17, 15) is 12.8 Å². The second-order valence-corrected chi connectivity index (χ2v) is 5.12. The van der Waals surface area contributed by atoms with Crippen molar-refractivity contribution in [3.8, 4) is 0 Å². The molecule has 1 aromatic heterocycles. The molecule has 0 unspecified atom stereocenters. The van der Waals surface area contributed by atoms with E-state index >= 15 is 0 Å². The Bertz CT molecular complexity index is 433. The molecular formula is C9H13FN2O2S. The van der Waals surface area contributed by atoms with E-state index in [1.54, 1.807) is 0 Å². The fourth-order valence-electron chi connectivity index (χ4n) is 1.13. The van der Waals surface area contributed by atoms with Gasteiger partial charge in [-0.15, -0.1) is 0 Å². The highest BCUT2D eigenvalue weighted by molar-refractivity contribution is 7.89. The van der Waals surface area contributed by atoms with Gasteiger partial charge in [0, 0.05) is 13.6 Å². The first-order chi connectivity index (χ1) is 6.98. The molecule has 0 aliphatic carbocycles. The lowest BCUT2D eigenvalue weighted by Crippen LogP contribution is -2.28. The van der Waals surface area contributed by atoms with Crippen molar-refractivity contribution in [2.24, 2.45) is 0 Å². The van der Waals surface area contributed by atoms with Crippen LogP contribution in [0.4, 0.5) is 4.39 Å². The number of halogens is 1. The molecule has 4 nitrogen and oxygen atoms in total. The Morgan fingerprint density at radius 1 is 1.47 bits per heavy atom. The van der Waals surface area contributed by atoms with E-state index in [4.69, 9.17) is 0 Å². The molecule has 0 aliphatic heterocycles. The molecule has 0 amide bonds. The third-order valence-electron chi connectivity index (χ3n) is 1.90. The summed E-state index contributed by atoms with van der Waals surface area (Å²) in [7, 11) is -2.19. The Morgan fingerprint density at radius 2 is 2.13 bits per heavy atom. The Hall–Kier alpha value is -1.01. The van der Waals surface area contributed by atoms with Gasteiger partial charge in [-0.1, -0.05) is 13.0 Å². The zero-order chi connectivity index (χ0) is 11.5. The van der Waals surface area contributed by atoms with Crippen molar-refractivity contribution < 1.29 is 12.8 Å². The van der Waals surface area contributed by atoms with Gasteiger partial charge in [0.05, 0.1) is 0 Å². The smallest absolute Gasteiger partial charge is 0.206 e. The summed E-state index contributed by atoms with van der Waals surface area (Å²) in [5, 5.41) is -0.251. The Balaban J connectivity index is 3.06. The van der Waals surface area contributed by atoms with Gasteiger partial charge in [-0.3, -0.25) is 0 Å². The van der Waals surface area contributed by atoms with Crippen molar-refractivity contribution >= 4 is 10.0 Å². The quantitative estimate of drug-likeness (QED) is 0.734. The fourth-order valence-corrected chi connectivity index (χ4v) is 2.32. The van der Waals surface area contributed by atoms with E-state index in [0.717, 1.165) is 10.4 Å². The van der Waals surface area contributed by atoms with E-state index < -0.39 is 16.0 Å². The van der Waals surface area contributed by atoms with Gasteiger partial charge < -0.3 is 0 Å². The number of rotatable bonds is 4. The van der Waals surface area contributed by atoms with Crippen LogP contribution in [0, 0.1) is 5.95 Å². The molecule has 1 aromatic rings.